The normalized spacial score (nSPS) is 18.1. The Balaban J connectivity index is 2.39. The van der Waals surface area contributed by atoms with Gasteiger partial charge in [0.2, 0.25) is 12.3 Å². The van der Waals surface area contributed by atoms with Gasteiger partial charge < -0.3 is 15.5 Å². The average Bonchev–Trinajstić information content (AvgIpc) is 2.28. The van der Waals surface area contributed by atoms with Gasteiger partial charge in [0.1, 0.15) is 0 Å². The molecular weight excluding hydrogens is 226 g/mol. The lowest BCUT2D eigenvalue weighted by atomic mass is 10.1. The van der Waals surface area contributed by atoms with Crippen LogP contribution in [0.3, 0.4) is 0 Å². The maximum absolute atomic E-state index is 11.8. The Morgan fingerprint density at radius 3 is 2.44 bits per heavy atom. The van der Waals surface area contributed by atoms with Crippen molar-refractivity contribution in [1.29, 1.82) is 0 Å². The summed E-state index contributed by atoms with van der Waals surface area (Å²) < 4.78 is 0. The number of piperazine rings is 1. The van der Waals surface area contributed by atoms with Gasteiger partial charge in [-0.1, -0.05) is 19.1 Å². The highest BCUT2D eigenvalue weighted by Crippen LogP contribution is 2.08. The third kappa shape index (κ3) is 3.44. The minimum absolute atomic E-state index is 0.0610. The number of nitrogens with two attached hydrogens (primary N) is 1. The van der Waals surface area contributed by atoms with Crippen LogP contribution < -0.4 is 5.73 Å². The maximum atomic E-state index is 11.8. The number of nitrogens with zero attached hydrogens (tertiary/aromatic N) is 2. The maximum Gasteiger partial charge on any atom is 0.223 e. The summed E-state index contributed by atoms with van der Waals surface area (Å²) >= 11 is 4.83. The van der Waals surface area contributed by atoms with Gasteiger partial charge in [0.25, 0.3) is 0 Å². The fraction of sp³-hybridized carbons (Fsp3) is 0.700. The number of rotatable bonds is 4. The van der Waals surface area contributed by atoms with Gasteiger partial charge in [-0.3, -0.25) is 9.59 Å². The summed E-state index contributed by atoms with van der Waals surface area (Å²) in [6.07, 6.45) is 1.18. The van der Waals surface area contributed by atoms with Crippen molar-refractivity contribution in [1.82, 2.24) is 9.80 Å². The van der Waals surface area contributed by atoms with Gasteiger partial charge in [0, 0.05) is 38.5 Å². The summed E-state index contributed by atoms with van der Waals surface area (Å²) in [4.78, 5) is 26.1. The number of hydrogen-bond acceptors (Lipinski definition) is 3. The van der Waals surface area contributed by atoms with E-state index in [1.165, 1.54) is 0 Å². The van der Waals surface area contributed by atoms with Crippen molar-refractivity contribution in [2.45, 2.75) is 13.3 Å². The minimum atomic E-state index is -0.0633. The van der Waals surface area contributed by atoms with E-state index in [1.54, 1.807) is 9.80 Å². The highest BCUT2D eigenvalue weighted by molar-refractivity contribution is 7.80. The van der Waals surface area contributed by atoms with Gasteiger partial charge in [0.15, 0.2) is 0 Å². The van der Waals surface area contributed by atoms with Crippen LogP contribution >= 0.6 is 12.2 Å². The third-order valence-electron chi connectivity index (χ3n) is 2.78. The van der Waals surface area contributed by atoms with Crippen molar-refractivity contribution >= 4 is 29.5 Å². The van der Waals surface area contributed by atoms with Gasteiger partial charge in [-0.25, -0.2) is 0 Å². The lowest BCUT2D eigenvalue weighted by Gasteiger charge is -2.33. The molecule has 0 aromatic carbocycles. The lowest BCUT2D eigenvalue weighted by Crippen LogP contribution is -2.48. The monoisotopic (exact) mass is 243 g/mol. The van der Waals surface area contributed by atoms with E-state index in [9.17, 15) is 9.59 Å². The van der Waals surface area contributed by atoms with Crippen LogP contribution in [-0.4, -0.2) is 53.3 Å². The van der Waals surface area contributed by atoms with Gasteiger partial charge in [-0.05, 0) is 0 Å². The fourth-order valence-corrected chi connectivity index (χ4v) is 1.65. The van der Waals surface area contributed by atoms with Crippen LogP contribution in [0.1, 0.15) is 13.3 Å². The molecule has 1 heterocycles. The van der Waals surface area contributed by atoms with E-state index < -0.39 is 0 Å². The predicted octanol–water partition coefficient (Wildman–Crippen LogP) is -0.401. The zero-order valence-corrected chi connectivity index (χ0v) is 10.2. The molecule has 16 heavy (non-hydrogen) atoms. The van der Waals surface area contributed by atoms with Gasteiger partial charge >= 0.3 is 0 Å². The Kier molecular flexibility index (Phi) is 4.67. The predicted molar refractivity (Wildman–Crippen MR) is 64.8 cm³/mol. The van der Waals surface area contributed by atoms with Crippen LogP contribution in [0.2, 0.25) is 0 Å². The Bertz CT molecular complexity index is 288. The first-order valence-electron chi connectivity index (χ1n) is 5.31. The molecule has 0 saturated carbocycles. The molecule has 5 nitrogen and oxygen atoms in total. The molecule has 1 fully saturated rings. The highest BCUT2D eigenvalue weighted by Gasteiger charge is 2.22. The largest absolute Gasteiger partial charge is 0.393 e. The Labute approximate surface area is 101 Å². The highest BCUT2D eigenvalue weighted by atomic mass is 32.1. The first-order chi connectivity index (χ1) is 7.54. The van der Waals surface area contributed by atoms with Crippen molar-refractivity contribution in [3.05, 3.63) is 0 Å². The molecule has 2 N–H and O–H groups in total. The van der Waals surface area contributed by atoms with Crippen molar-refractivity contribution < 1.29 is 9.59 Å². The van der Waals surface area contributed by atoms with Crippen LogP contribution in [0.15, 0.2) is 0 Å². The summed E-state index contributed by atoms with van der Waals surface area (Å²) in [5.41, 5.74) is 5.46. The van der Waals surface area contributed by atoms with Crippen molar-refractivity contribution in [3.8, 4) is 0 Å². The van der Waals surface area contributed by atoms with Gasteiger partial charge in [-0.2, -0.15) is 0 Å². The number of carbonyl (C=O) groups is 2. The molecule has 0 aliphatic carbocycles. The van der Waals surface area contributed by atoms with Crippen LogP contribution in [0.4, 0.5) is 0 Å². The fourth-order valence-electron chi connectivity index (χ4n) is 1.57. The summed E-state index contributed by atoms with van der Waals surface area (Å²) in [6, 6.07) is 0. The van der Waals surface area contributed by atoms with E-state index in [2.05, 4.69) is 0 Å². The molecule has 1 rings (SSSR count). The molecule has 1 aliphatic heterocycles. The summed E-state index contributed by atoms with van der Waals surface area (Å²) in [6.45, 7) is 4.26. The van der Waals surface area contributed by atoms with E-state index in [0.29, 0.717) is 37.6 Å². The van der Waals surface area contributed by atoms with Crippen LogP contribution in [0.5, 0.6) is 0 Å². The molecule has 0 aromatic rings. The molecule has 0 radical (unpaired) electrons. The zero-order valence-electron chi connectivity index (χ0n) is 9.39. The van der Waals surface area contributed by atoms with Crippen LogP contribution in [0, 0.1) is 5.92 Å². The molecular formula is C10H17N3O2S. The number of amides is 2. The second-order valence-corrected chi connectivity index (χ2v) is 4.50. The van der Waals surface area contributed by atoms with Crippen molar-refractivity contribution in [2.75, 3.05) is 26.2 Å². The van der Waals surface area contributed by atoms with Gasteiger partial charge in [-0.15, -0.1) is 0 Å². The van der Waals surface area contributed by atoms with E-state index in [4.69, 9.17) is 18.0 Å². The quantitative estimate of drug-likeness (QED) is 0.539. The van der Waals surface area contributed by atoms with E-state index >= 15 is 0 Å². The van der Waals surface area contributed by atoms with Crippen LogP contribution in [-0.2, 0) is 9.59 Å². The second-order valence-electron chi connectivity index (χ2n) is 4.03. The zero-order chi connectivity index (χ0) is 12.1. The van der Waals surface area contributed by atoms with Crippen molar-refractivity contribution in [3.63, 3.8) is 0 Å². The third-order valence-corrected chi connectivity index (χ3v) is 3.18. The van der Waals surface area contributed by atoms with E-state index in [1.807, 2.05) is 6.92 Å². The Hall–Kier alpha value is -1.17. The number of hydrogen-bond donors (Lipinski definition) is 1. The van der Waals surface area contributed by atoms with E-state index in [-0.39, 0.29) is 11.8 Å². The smallest absolute Gasteiger partial charge is 0.223 e. The minimum Gasteiger partial charge on any atom is -0.393 e. The standard InChI is InChI=1S/C10H17N3O2S/c1-8(10(11)16)6-9(15)13-4-2-12(7-14)3-5-13/h7-8H,2-6H2,1H3,(H2,11,16). The summed E-state index contributed by atoms with van der Waals surface area (Å²) in [7, 11) is 0. The number of thiocarbonyl (C=S) groups is 1. The molecule has 90 valence electrons. The first-order valence-corrected chi connectivity index (χ1v) is 5.72. The molecule has 0 aromatic heterocycles. The molecule has 1 aliphatic rings. The van der Waals surface area contributed by atoms with Crippen LogP contribution in [0.25, 0.3) is 0 Å². The molecule has 2 amide bonds. The lowest BCUT2D eigenvalue weighted by molar-refractivity contribution is -0.135. The Morgan fingerprint density at radius 1 is 1.44 bits per heavy atom. The molecule has 0 spiro atoms. The number of carbonyl (C=O) groups excluding carboxylic acids is 2. The van der Waals surface area contributed by atoms with Gasteiger partial charge in [0.05, 0.1) is 4.99 Å². The SMILES string of the molecule is CC(CC(=O)N1CCN(C=O)CC1)C(N)=S. The first kappa shape index (κ1) is 12.9. The summed E-state index contributed by atoms with van der Waals surface area (Å²) in [5, 5.41) is 0. The molecule has 1 unspecified atom stereocenters. The molecule has 0 bridgehead atoms. The molecule has 1 saturated heterocycles. The topological polar surface area (TPSA) is 66.6 Å². The second kappa shape index (κ2) is 5.79. The summed E-state index contributed by atoms with van der Waals surface area (Å²) in [5.74, 6) is -0.00236. The van der Waals surface area contributed by atoms with Crippen molar-refractivity contribution in [2.24, 2.45) is 11.7 Å². The molecule has 1 atom stereocenters. The Morgan fingerprint density at radius 2 is 2.00 bits per heavy atom. The average molecular weight is 243 g/mol. The molecule has 6 heteroatoms. The van der Waals surface area contributed by atoms with E-state index in [0.717, 1.165) is 6.41 Å².